The first-order valence-corrected chi connectivity index (χ1v) is 5.92. The molecule has 9 heteroatoms. The third kappa shape index (κ3) is 3.20. The van der Waals surface area contributed by atoms with Gasteiger partial charge >= 0.3 is 12.1 Å². The topological polar surface area (TPSA) is 86.7 Å². The maximum atomic E-state index is 12.9. The maximum absolute atomic E-state index is 12.9. The van der Waals surface area contributed by atoms with Gasteiger partial charge < -0.3 is 15.3 Å². The van der Waals surface area contributed by atoms with E-state index in [1.165, 1.54) is 6.92 Å². The van der Waals surface area contributed by atoms with Crippen LogP contribution in [0.1, 0.15) is 19.8 Å². The number of carboxylic acid groups (broad SMARTS) is 1. The largest absolute Gasteiger partial charge is 0.481 e. The van der Waals surface area contributed by atoms with Crippen molar-refractivity contribution in [2.75, 3.05) is 19.6 Å². The molecule has 0 saturated carbocycles. The number of carboxylic acids is 1. The molecule has 1 rings (SSSR count). The van der Waals surface area contributed by atoms with Crippen LogP contribution in [0.25, 0.3) is 0 Å². The lowest BCUT2D eigenvalue weighted by Gasteiger charge is -2.27. The highest BCUT2D eigenvalue weighted by Crippen LogP contribution is 2.45. The third-order valence-electron chi connectivity index (χ3n) is 3.29. The molecule has 1 heterocycles. The minimum Gasteiger partial charge on any atom is -0.481 e. The smallest absolute Gasteiger partial charge is 0.406 e. The van der Waals surface area contributed by atoms with E-state index in [1.807, 2.05) is 0 Å². The lowest BCUT2D eigenvalue weighted by Crippen LogP contribution is -2.47. The van der Waals surface area contributed by atoms with E-state index in [4.69, 9.17) is 5.11 Å². The highest BCUT2D eigenvalue weighted by Gasteiger charge is 2.64. The van der Waals surface area contributed by atoms with Crippen LogP contribution in [0.15, 0.2) is 0 Å². The number of hydrogen-bond donors (Lipinski definition) is 2. The molecular weight excluding hydrogens is 281 g/mol. The fraction of sp³-hybridized carbons (Fsp3) is 0.727. The monoisotopic (exact) mass is 296 g/mol. The highest BCUT2D eigenvalue weighted by molar-refractivity contribution is 5.82. The summed E-state index contributed by atoms with van der Waals surface area (Å²) in [6.45, 7) is 0.117. The fourth-order valence-corrected chi connectivity index (χ4v) is 2.05. The third-order valence-corrected chi connectivity index (χ3v) is 3.29. The Kier molecular flexibility index (Phi) is 4.61. The lowest BCUT2D eigenvalue weighted by molar-refractivity contribution is -0.227. The zero-order valence-electron chi connectivity index (χ0n) is 10.8. The molecule has 1 unspecified atom stereocenters. The van der Waals surface area contributed by atoms with Crippen LogP contribution in [0, 0.1) is 5.41 Å². The van der Waals surface area contributed by atoms with Crippen molar-refractivity contribution in [1.29, 1.82) is 0 Å². The van der Waals surface area contributed by atoms with Crippen molar-refractivity contribution < 1.29 is 32.7 Å². The Morgan fingerprint density at radius 2 is 1.95 bits per heavy atom. The van der Waals surface area contributed by atoms with E-state index in [0.717, 1.165) is 4.90 Å². The maximum Gasteiger partial charge on any atom is 0.406 e. The Labute approximate surface area is 112 Å². The molecule has 0 aliphatic carbocycles. The highest BCUT2D eigenvalue weighted by atomic mass is 19.4. The van der Waals surface area contributed by atoms with Gasteiger partial charge in [-0.05, 0) is 6.42 Å². The Bertz CT molecular complexity index is 424. The Morgan fingerprint density at radius 1 is 1.35 bits per heavy atom. The molecule has 2 N–H and O–H groups in total. The number of rotatable bonds is 4. The number of aliphatic carboxylic acids is 1. The first-order chi connectivity index (χ1) is 9.10. The van der Waals surface area contributed by atoms with Gasteiger partial charge in [0.05, 0.1) is 0 Å². The molecular formula is C11H15F3N2O4. The predicted octanol–water partition coefficient (Wildman–Crippen LogP) is 0.378. The Balaban J connectivity index is 2.67. The Hall–Kier alpha value is -1.80. The van der Waals surface area contributed by atoms with Gasteiger partial charge in [0, 0.05) is 33.0 Å². The van der Waals surface area contributed by atoms with Crippen LogP contribution in [0.2, 0.25) is 0 Å². The molecule has 2 amide bonds. The van der Waals surface area contributed by atoms with E-state index in [9.17, 15) is 27.6 Å². The molecule has 0 aromatic heterocycles. The van der Waals surface area contributed by atoms with Crippen molar-refractivity contribution in [1.82, 2.24) is 10.2 Å². The normalized spacial score (nSPS) is 22.7. The molecule has 0 aromatic rings. The van der Waals surface area contributed by atoms with Crippen molar-refractivity contribution in [2.24, 2.45) is 5.41 Å². The van der Waals surface area contributed by atoms with Gasteiger partial charge in [-0.1, -0.05) is 0 Å². The molecule has 0 spiro atoms. The minimum atomic E-state index is -4.91. The quantitative estimate of drug-likeness (QED) is 0.785. The van der Waals surface area contributed by atoms with Crippen LogP contribution in [0.4, 0.5) is 13.2 Å². The van der Waals surface area contributed by atoms with E-state index in [1.54, 1.807) is 0 Å². The van der Waals surface area contributed by atoms with Crippen molar-refractivity contribution in [3.63, 3.8) is 0 Å². The van der Waals surface area contributed by atoms with Crippen molar-refractivity contribution >= 4 is 17.8 Å². The van der Waals surface area contributed by atoms with Gasteiger partial charge in [0.2, 0.25) is 11.8 Å². The molecule has 6 nitrogen and oxygen atoms in total. The molecule has 1 aliphatic rings. The van der Waals surface area contributed by atoms with E-state index >= 15 is 0 Å². The summed E-state index contributed by atoms with van der Waals surface area (Å²) in [6, 6.07) is 0. The second-order valence-electron chi connectivity index (χ2n) is 4.68. The molecule has 0 radical (unpaired) electrons. The van der Waals surface area contributed by atoms with Crippen LogP contribution in [0.3, 0.4) is 0 Å². The number of nitrogens with zero attached hydrogens (tertiary/aromatic N) is 1. The van der Waals surface area contributed by atoms with Crippen molar-refractivity contribution in [2.45, 2.75) is 25.9 Å². The number of hydrogen-bond acceptors (Lipinski definition) is 3. The second kappa shape index (κ2) is 5.68. The summed E-state index contributed by atoms with van der Waals surface area (Å²) in [7, 11) is 0. The van der Waals surface area contributed by atoms with Gasteiger partial charge in [-0.15, -0.1) is 0 Å². The molecule has 1 saturated heterocycles. The van der Waals surface area contributed by atoms with Crippen LogP contribution in [-0.2, 0) is 14.4 Å². The van der Waals surface area contributed by atoms with Crippen LogP contribution >= 0.6 is 0 Å². The number of amides is 2. The predicted molar refractivity (Wildman–Crippen MR) is 60.6 cm³/mol. The number of nitrogens with one attached hydrogen (secondary N) is 1. The van der Waals surface area contributed by atoms with Gasteiger partial charge in [-0.3, -0.25) is 14.4 Å². The summed E-state index contributed by atoms with van der Waals surface area (Å²) >= 11 is 0. The molecule has 1 fully saturated rings. The molecule has 20 heavy (non-hydrogen) atoms. The standard InChI is InChI=1S/C11H15F3N2O4/c1-7(17)15-4-2-8(18)16-5-3-10(6-16,9(19)20)11(12,13)14/h2-6H2,1H3,(H,15,17)(H,19,20). The van der Waals surface area contributed by atoms with E-state index in [-0.39, 0.29) is 25.4 Å². The first kappa shape index (κ1) is 16.3. The number of carbonyl (C=O) groups excluding carboxylic acids is 2. The lowest BCUT2D eigenvalue weighted by atomic mass is 9.86. The average Bonchev–Trinajstić information content (AvgIpc) is 2.73. The number of likely N-dealkylation sites (tertiary alicyclic amines) is 1. The van der Waals surface area contributed by atoms with Crippen LogP contribution in [0.5, 0.6) is 0 Å². The summed E-state index contributed by atoms with van der Waals surface area (Å²) in [4.78, 5) is 34.1. The number of alkyl halides is 3. The van der Waals surface area contributed by atoms with Crippen molar-refractivity contribution in [3.05, 3.63) is 0 Å². The minimum absolute atomic E-state index is 0.0107. The number of carbonyl (C=O) groups is 3. The summed E-state index contributed by atoms with van der Waals surface area (Å²) < 4.78 is 38.7. The fourth-order valence-electron chi connectivity index (χ4n) is 2.05. The average molecular weight is 296 g/mol. The van der Waals surface area contributed by atoms with Gasteiger partial charge in [0.15, 0.2) is 5.41 Å². The van der Waals surface area contributed by atoms with E-state index in [0.29, 0.717) is 0 Å². The van der Waals surface area contributed by atoms with Gasteiger partial charge in [-0.25, -0.2) is 0 Å². The van der Waals surface area contributed by atoms with Gasteiger partial charge in [-0.2, -0.15) is 13.2 Å². The molecule has 114 valence electrons. The van der Waals surface area contributed by atoms with Crippen LogP contribution < -0.4 is 5.32 Å². The summed E-state index contributed by atoms with van der Waals surface area (Å²) in [5, 5.41) is 11.2. The zero-order chi connectivity index (χ0) is 15.6. The SMILES string of the molecule is CC(=O)NCCC(=O)N1CCC(C(=O)O)(C(F)(F)F)C1. The Morgan fingerprint density at radius 3 is 2.35 bits per heavy atom. The zero-order valence-corrected chi connectivity index (χ0v) is 10.8. The molecule has 0 aromatic carbocycles. The molecule has 0 bridgehead atoms. The van der Waals surface area contributed by atoms with Gasteiger partial charge in [0.25, 0.3) is 0 Å². The summed E-state index contributed by atoms with van der Waals surface area (Å²) in [5.41, 5.74) is -2.89. The van der Waals surface area contributed by atoms with E-state index < -0.39 is 36.4 Å². The molecule has 1 aliphatic heterocycles. The van der Waals surface area contributed by atoms with E-state index in [2.05, 4.69) is 5.32 Å². The van der Waals surface area contributed by atoms with Gasteiger partial charge in [0.1, 0.15) is 0 Å². The summed E-state index contributed by atoms with van der Waals surface area (Å²) in [6.07, 6.45) is -5.73. The summed E-state index contributed by atoms with van der Waals surface area (Å²) in [5.74, 6) is -2.93. The second-order valence-corrected chi connectivity index (χ2v) is 4.68. The van der Waals surface area contributed by atoms with Crippen LogP contribution in [-0.4, -0.2) is 53.6 Å². The first-order valence-electron chi connectivity index (χ1n) is 5.92. The molecule has 1 atom stereocenters. The van der Waals surface area contributed by atoms with Crippen molar-refractivity contribution in [3.8, 4) is 0 Å². The number of halogens is 3.